The molecule has 4 aliphatic rings. The van der Waals surface area contributed by atoms with Crippen LogP contribution >= 0.6 is 0 Å². The first kappa shape index (κ1) is 28.6. The lowest BCUT2D eigenvalue weighted by Crippen LogP contribution is -2.48. The third-order valence-corrected chi connectivity index (χ3v) is 9.68. The second-order valence-electron chi connectivity index (χ2n) is 12.2. The molecule has 6 rings (SSSR count). The molecule has 0 aromatic heterocycles. The minimum Gasteiger partial charge on any atom is -0.440 e. The minimum absolute atomic E-state index is 0.00248. The van der Waals surface area contributed by atoms with Crippen LogP contribution in [0.2, 0.25) is 0 Å². The van der Waals surface area contributed by atoms with Crippen molar-refractivity contribution in [1.82, 2.24) is 4.90 Å². The van der Waals surface area contributed by atoms with Gasteiger partial charge in [0.15, 0.2) is 5.78 Å². The fraction of sp³-hybridized carbons (Fsp3) is 0.529. The number of methoxy groups -OCH3 is 1. The maximum absolute atomic E-state index is 14.0. The van der Waals surface area contributed by atoms with E-state index in [1.54, 1.807) is 7.11 Å². The highest BCUT2D eigenvalue weighted by Crippen LogP contribution is 2.61. The van der Waals surface area contributed by atoms with E-state index in [2.05, 4.69) is 32.1 Å². The lowest BCUT2D eigenvalue weighted by Gasteiger charge is -2.43. The Kier molecular flexibility index (Phi) is 8.48. The Morgan fingerprint density at radius 1 is 1.15 bits per heavy atom. The smallest absolute Gasteiger partial charge is 0.410 e. The van der Waals surface area contributed by atoms with Crippen LogP contribution in [0.25, 0.3) is 0 Å². The van der Waals surface area contributed by atoms with Crippen molar-refractivity contribution in [2.45, 2.75) is 82.8 Å². The van der Waals surface area contributed by atoms with E-state index < -0.39 is 11.7 Å². The number of fused-ring (bicyclic) bond motifs is 8. The van der Waals surface area contributed by atoms with E-state index in [0.29, 0.717) is 43.7 Å². The number of carbonyl (C=O) groups is 2. The minimum atomic E-state index is -0.609. The van der Waals surface area contributed by atoms with Gasteiger partial charge in [-0.05, 0) is 81.4 Å². The van der Waals surface area contributed by atoms with Crippen molar-refractivity contribution in [3.05, 3.63) is 82.4 Å². The van der Waals surface area contributed by atoms with Gasteiger partial charge in [0.1, 0.15) is 5.60 Å². The highest BCUT2D eigenvalue weighted by atomic mass is 16.6. The number of hydrogen-bond acceptors (Lipinski definition) is 5. The highest BCUT2D eigenvalue weighted by molar-refractivity contribution is 6.10. The van der Waals surface area contributed by atoms with Crippen molar-refractivity contribution in [2.24, 2.45) is 5.41 Å². The van der Waals surface area contributed by atoms with Crippen LogP contribution in [-0.2, 0) is 15.9 Å². The van der Waals surface area contributed by atoms with Crippen molar-refractivity contribution in [3.63, 3.8) is 0 Å². The summed E-state index contributed by atoms with van der Waals surface area (Å²) in [6.45, 7) is 6.20. The van der Waals surface area contributed by atoms with Gasteiger partial charge in [-0.3, -0.25) is 4.79 Å². The molecule has 1 saturated carbocycles. The van der Waals surface area contributed by atoms with Crippen LogP contribution in [0.15, 0.2) is 60.2 Å². The summed E-state index contributed by atoms with van der Waals surface area (Å²) in [6.07, 6.45) is 7.71. The van der Waals surface area contributed by atoms with Gasteiger partial charge in [0.05, 0.1) is 12.6 Å². The fourth-order valence-electron chi connectivity index (χ4n) is 7.30. The van der Waals surface area contributed by atoms with Gasteiger partial charge < -0.3 is 19.5 Å². The predicted octanol–water partition coefficient (Wildman–Crippen LogP) is 6.45. The van der Waals surface area contributed by atoms with Gasteiger partial charge in [-0.1, -0.05) is 61.0 Å². The molecule has 214 valence electrons. The molecule has 4 atom stereocenters. The molecular weight excluding hydrogens is 502 g/mol. The van der Waals surface area contributed by atoms with Gasteiger partial charge >= 0.3 is 6.09 Å². The first-order chi connectivity index (χ1) is 19.3. The molecule has 6 nitrogen and oxygen atoms in total. The zero-order valence-electron chi connectivity index (χ0n) is 24.2. The zero-order valence-corrected chi connectivity index (χ0v) is 24.2. The second-order valence-corrected chi connectivity index (χ2v) is 12.2. The molecule has 1 heterocycles. The molecule has 2 bridgehead atoms. The molecular formula is C34H43NO5. The number of rotatable bonds is 6. The Labute approximate surface area is 238 Å². The van der Waals surface area contributed by atoms with Crippen LogP contribution in [0.4, 0.5) is 4.79 Å². The highest BCUT2D eigenvalue weighted by Gasteiger charge is 2.63. The lowest BCUT2D eigenvalue weighted by atomic mass is 9.64. The lowest BCUT2D eigenvalue weighted by molar-refractivity contribution is -0.0373. The maximum atomic E-state index is 14.0. The van der Waals surface area contributed by atoms with Gasteiger partial charge in [-0.25, -0.2) is 4.79 Å². The second kappa shape index (κ2) is 11.9. The topological polar surface area (TPSA) is 76.1 Å². The Morgan fingerprint density at radius 2 is 1.95 bits per heavy atom. The van der Waals surface area contributed by atoms with E-state index in [-0.39, 0.29) is 23.2 Å². The van der Waals surface area contributed by atoms with E-state index in [4.69, 9.17) is 9.47 Å². The molecule has 1 amide bonds. The Bertz CT molecular complexity index is 1260. The summed E-state index contributed by atoms with van der Waals surface area (Å²) in [6, 6.07) is 15.6. The van der Waals surface area contributed by atoms with Crippen LogP contribution in [0.3, 0.4) is 0 Å². The van der Waals surface area contributed by atoms with Crippen molar-refractivity contribution >= 4 is 11.9 Å². The third-order valence-electron chi connectivity index (χ3n) is 9.68. The largest absolute Gasteiger partial charge is 0.440 e. The third kappa shape index (κ3) is 5.48. The van der Waals surface area contributed by atoms with E-state index in [9.17, 15) is 14.7 Å². The van der Waals surface area contributed by atoms with Crippen molar-refractivity contribution < 1.29 is 24.2 Å². The summed E-state index contributed by atoms with van der Waals surface area (Å²) in [5.41, 5.74) is 3.68. The van der Waals surface area contributed by atoms with Gasteiger partial charge in [0.2, 0.25) is 0 Å². The first-order valence-corrected chi connectivity index (χ1v) is 14.8. The molecule has 1 aliphatic heterocycles. The Morgan fingerprint density at radius 3 is 2.73 bits per heavy atom. The number of nitrogens with zero attached hydrogens (tertiary/aromatic N) is 1. The molecule has 3 aliphatic carbocycles. The van der Waals surface area contributed by atoms with Gasteiger partial charge in [0, 0.05) is 36.8 Å². The van der Waals surface area contributed by atoms with Crippen LogP contribution in [0, 0.1) is 5.41 Å². The molecule has 40 heavy (non-hydrogen) atoms. The van der Waals surface area contributed by atoms with Gasteiger partial charge in [-0.15, -0.1) is 0 Å². The SMILES string of the molecule is COCCCN1C[C@@]2(CC[C@H]3c4ccc(cc4C(=O)c4ccccc4)C[C@@H](O)CCC(C)=CCC[C@@]32C)OC1=O. The van der Waals surface area contributed by atoms with Crippen LogP contribution < -0.4 is 0 Å². The van der Waals surface area contributed by atoms with Gasteiger partial charge in [-0.2, -0.15) is 0 Å². The van der Waals surface area contributed by atoms with E-state index in [0.717, 1.165) is 49.7 Å². The monoisotopic (exact) mass is 545 g/mol. The molecule has 6 heteroatoms. The average Bonchev–Trinajstić information content (AvgIpc) is 3.42. The van der Waals surface area contributed by atoms with Crippen LogP contribution in [0.5, 0.6) is 0 Å². The number of carbonyl (C=O) groups excluding carboxylic acids is 2. The Hall–Kier alpha value is -2.96. The molecule has 2 fully saturated rings. The maximum Gasteiger partial charge on any atom is 0.410 e. The summed E-state index contributed by atoms with van der Waals surface area (Å²) in [7, 11) is 1.68. The first-order valence-electron chi connectivity index (χ1n) is 14.8. The predicted molar refractivity (Wildman–Crippen MR) is 156 cm³/mol. The standard InChI is InChI=1S/C34H43NO5/c1-24-9-7-17-33(2)30(16-18-34(33)23-35(32(38)40-34)19-8-20-39-3)28-15-13-25(21-27(36)14-12-24)22-29(28)31(37)26-10-5-4-6-11-26/h4-6,9-11,13,15,22,27,30,36H,7-8,12,14,16-21,23H2,1-3H3/t27-,30-,33-,34+/m0/s1. The molecule has 1 N–H and O–H groups in total. The van der Waals surface area contributed by atoms with Crippen molar-refractivity contribution in [1.29, 1.82) is 0 Å². The number of hydrogen-bond donors (Lipinski definition) is 1. The Balaban J connectivity index is 1.58. The normalized spacial score (nSPS) is 28.8. The number of aliphatic hydroxyl groups is 1. The fourth-order valence-corrected chi connectivity index (χ4v) is 7.30. The summed E-state index contributed by atoms with van der Waals surface area (Å²) in [5.74, 6) is 0.0557. The molecule has 2 aromatic carbocycles. The molecule has 0 radical (unpaired) electrons. The number of aliphatic hydroxyl groups excluding tert-OH is 1. The molecule has 2 aromatic rings. The average molecular weight is 546 g/mol. The summed E-state index contributed by atoms with van der Waals surface area (Å²) >= 11 is 0. The van der Waals surface area contributed by atoms with Crippen molar-refractivity contribution in [2.75, 3.05) is 26.8 Å². The number of allylic oxidation sites excluding steroid dienone is 2. The van der Waals surface area contributed by atoms with Crippen LogP contribution in [0.1, 0.15) is 91.8 Å². The van der Waals surface area contributed by atoms with Gasteiger partial charge in [0.25, 0.3) is 0 Å². The number of benzene rings is 2. The molecule has 1 spiro atoms. The van der Waals surface area contributed by atoms with Crippen molar-refractivity contribution in [3.8, 4) is 0 Å². The summed E-state index contributed by atoms with van der Waals surface area (Å²) in [5, 5.41) is 10.8. The van der Waals surface area contributed by atoms with E-state index >= 15 is 0 Å². The number of amides is 1. The molecule has 1 saturated heterocycles. The summed E-state index contributed by atoms with van der Waals surface area (Å²) in [4.78, 5) is 29.0. The van der Waals surface area contributed by atoms with E-state index in [1.165, 1.54) is 5.57 Å². The number of ketones is 1. The molecule has 0 unspecified atom stereocenters. The quantitative estimate of drug-likeness (QED) is 0.256. The van der Waals surface area contributed by atoms with E-state index in [1.807, 2.05) is 41.3 Å². The zero-order chi connectivity index (χ0) is 28.3. The summed E-state index contributed by atoms with van der Waals surface area (Å²) < 4.78 is 11.6. The van der Waals surface area contributed by atoms with Crippen LogP contribution in [-0.4, -0.2) is 60.4 Å². The number of ether oxygens (including phenoxy) is 2.